The lowest BCUT2D eigenvalue weighted by Gasteiger charge is -2.39. The molecule has 0 N–H and O–H groups in total. The summed E-state index contributed by atoms with van der Waals surface area (Å²) in [4.78, 5) is 8.07. The van der Waals surface area contributed by atoms with Gasteiger partial charge in [-0.1, -0.05) is 29.3 Å². The van der Waals surface area contributed by atoms with Crippen molar-refractivity contribution in [3.05, 3.63) is 33.8 Å². The van der Waals surface area contributed by atoms with E-state index in [9.17, 15) is 0 Å². The van der Waals surface area contributed by atoms with E-state index in [2.05, 4.69) is 11.0 Å². The summed E-state index contributed by atoms with van der Waals surface area (Å²) >= 11 is 12.8. The zero-order valence-corrected chi connectivity index (χ0v) is 16.2. The number of halogens is 2. The maximum Gasteiger partial charge on any atom is 0.0997 e. The summed E-state index contributed by atoms with van der Waals surface area (Å²) in [5.41, 5.74) is 1.40. The topological polar surface area (TPSA) is 15.6 Å². The summed E-state index contributed by atoms with van der Waals surface area (Å²) in [6.45, 7) is 2.41. The third-order valence-corrected chi connectivity index (χ3v) is 7.86. The molecule has 5 rings (SSSR count). The van der Waals surface area contributed by atoms with Crippen LogP contribution in [0.3, 0.4) is 0 Å². The van der Waals surface area contributed by atoms with Gasteiger partial charge in [0.05, 0.1) is 11.4 Å². The Morgan fingerprint density at radius 3 is 2.72 bits per heavy atom. The fourth-order valence-electron chi connectivity index (χ4n) is 6.28. The molecule has 2 aliphatic carbocycles. The molecule has 4 atom stereocenters. The first-order valence-electron chi connectivity index (χ1n) is 9.96. The van der Waals surface area contributed by atoms with Crippen molar-refractivity contribution in [1.29, 1.82) is 0 Å². The minimum atomic E-state index is 0.104. The average Bonchev–Trinajstić information content (AvgIpc) is 3.32. The summed E-state index contributed by atoms with van der Waals surface area (Å²) < 4.78 is 0. The molecule has 2 bridgehead atoms. The maximum atomic E-state index is 6.65. The summed E-state index contributed by atoms with van der Waals surface area (Å²) in [5, 5.41) is 1.57. The second-order valence-corrected chi connectivity index (χ2v) is 9.32. The summed E-state index contributed by atoms with van der Waals surface area (Å²) in [7, 11) is 0. The van der Waals surface area contributed by atoms with Crippen molar-refractivity contribution < 1.29 is 0 Å². The Morgan fingerprint density at radius 1 is 1.08 bits per heavy atom. The predicted octanol–water partition coefficient (Wildman–Crippen LogP) is 5.92. The number of piperidine rings is 1. The Morgan fingerprint density at radius 2 is 1.92 bits per heavy atom. The fourth-order valence-corrected chi connectivity index (χ4v) is 6.80. The van der Waals surface area contributed by atoms with Crippen LogP contribution in [-0.4, -0.2) is 29.4 Å². The molecule has 2 aliphatic heterocycles. The van der Waals surface area contributed by atoms with E-state index < -0.39 is 0 Å². The molecule has 1 aromatic rings. The Balaban J connectivity index is 1.53. The first-order valence-corrected chi connectivity index (χ1v) is 10.7. The molecule has 4 heteroatoms. The van der Waals surface area contributed by atoms with E-state index in [1.165, 1.54) is 69.4 Å². The van der Waals surface area contributed by atoms with Gasteiger partial charge in [-0.15, -0.1) is 0 Å². The SMILES string of the molecule is Clc1ccc(C2C3CCC(C3)C23CCC(N2CCCCC2)=N3)c(Cl)c1. The highest BCUT2D eigenvalue weighted by atomic mass is 35.5. The monoisotopic (exact) mass is 376 g/mol. The molecule has 134 valence electrons. The molecule has 0 radical (unpaired) electrons. The van der Waals surface area contributed by atoms with E-state index in [0.717, 1.165) is 28.3 Å². The number of hydrogen-bond acceptors (Lipinski definition) is 2. The molecule has 0 aromatic heterocycles. The van der Waals surface area contributed by atoms with Crippen LogP contribution in [0.5, 0.6) is 0 Å². The molecule has 1 saturated heterocycles. The smallest absolute Gasteiger partial charge is 0.0997 e. The Bertz CT molecular complexity index is 710. The summed E-state index contributed by atoms with van der Waals surface area (Å²) in [5.74, 6) is 3.37. The highest BCUT2D eigenvalue weighted by Crippen LogP contribution is 2.64. The average molecular weight is 377 g/mol. The molecule has 3 fully saturated rings. The van der Waals surface area contributed by atoms with Crippen molar-refractivity contribution in [2.24, 2.45) is 16.8 Å². The molecular weight excluding hydrogens is 351 g/mol. The second kappa shape index (κ2) is 6.16. The lowest BCUT2D eigenvalue weighted by Crippen LogP contribution is -2.39. The molecule has 25 heavy (non-hydrogen) atoms. The van der Waals surface area contributed by atoms with Gasteiger partial charge in [0.25, 0.3) is 0 Å². The van der Waals surface area contributed by atoms with Crippen molar-refractivity contribution in [3.8, 4) is 0 Å². The van der Waals surface area contributed by atoms with Crippen LogP contribution in [0.25, 0.3) is 0 Å². The normalized spacial score (nSPS) is 37.1. The van der Waals surface area contributed by atoms with Crippen molar-refractivity contribution in [3.63, 3.8) is 0 Å². The van der Waals surface area contributed by atoms with Gasteiger partial charge >= 0.3 is 0 Å². The number of rotatable bonds is 1. The molecule has 0 amide bonds. The predicted molar refractivity (Wildman–Crippen MR) is 105 cm³/mol. The summed E-state index contributed by atoms with van der Waals surface area (Å²) in [6, 6.07) is 6.10. The number of nitrogens with zero attached hydrogens (tertiary/aromatic N) is 2. The van der Waals surface area contributed by atoms with Crippen LogP contribution >= 0.6 is 23.2 Å². The van der Waals surface area contributed by atoms with Crippen LogP contribution in [-0.2, 0) is 0 Å². The molecule has 1 spiro atoms. The van der Waals surface area contributed by atoms with Gasteiger partial charge in [0.1, 0.15) is 0 Å². The standard InChI is InChI=1S/C21H26Cl2N2/c22-16-6-7-17(18(23)13-16)20-14-4-5-15(12-14)21(20)9-8-19(24-21)25-10-2-1-3-11-25/h6-7,13-15,20H,1-5,8-12H2. The fraction of sp³-hybridized carbons (Fsp3) is 0.667. The molecule has 2 heterocycles. The zero-order chi connectivity index (χ0) is 17.0. The first-order chi connectivity index (χ1) is 12.2. The van der Waals surface area contributed by atoms with Gasteiger partial charge in [0.15, 0.2) is 0 Å². The molecule has 4 unspecified atom stereocenters. The number of likely N-dealkylation sites (tertiary alicyclic amines) is 1. The molecule has 2 saturated carbocycles. The van der Waals surface area contributed by atoms with E-state index in [-0.39, 0.29) is 5.54 Å². The minimum Gasteiger partial charge on any atom is -0.360 e. The molecule has 4 aliphatic rings. The van der Waals surface area contributed by atoms with Crippen molar-refractivity contribution in [1.82, 2.24) is 4.90 Å². The maximum absolute atomic E-state index is 6.65. The van der Waals surface area contributed by atoms with Gasteiger partial charge in [0, 0.05) is 35.5 Å². The molecule has 1 aromatic carbocycles. The number of amidine groups is 1. The first kappa shape index (κ1) is 16.4. The number of aliphatic imine (C=N–C) groups is 1. The van der Waals surface area contributed by atoms with E-state index in [1.54, 1.807) is 0 Å². The van der Waals surface area contributed by atoms with Crippen molar-refractivity contribution in [2.45, 2.75) is 62.8 Å². The van der Waals surface area contributed by atoms with Gasteiger partial charge in [-0.2, -0.15) is 0 Å². The van der Waals surface area contributed by atoms with Gasteiger partial charge in [0.2, 0.25) is 0 Å². The van der Waals surface area contributed by atoms with Crippen LogP contribution in [0, 0.1) is 11.8 Å². The third kappa shape index (κ3) is 2.55. The van der Waals surface area contributed by atoms with Gasteiger partial charge in [-0.05, 0) is 74.5 Å². The van der Waals surface area contributed by atoms with Crippen molar-refractivity contribution in [2.75, 3.05) is 13.1 Å². The van der Waals surface area contributed by atoms with Crippen LogP contribution in [0.1, 0.15) is 62.8 Å². The summed E-state index contributed by atoms with van der Waals surface area (Å²) in [6.07, 6.45) is 10.4. The van der Waals surface area contributed by atoms with E-state index in [1.807, 2.05) is 12.1 Å². The van der Waals surface area contributed by atoms with E-state index in [0.29, 0.717) is 5.92 Å². The lowest BCUT2D eigenvalue weighted by atomic mass is 9.69. The minimum absolute atomic E-state index is 0.104. The lowest BCUT2D eigenvalue weighted by molar-refractivity contribution is 0.234. The number of benzene rings is 1. The second-order valence-electron chi connectivity index (χ2n) is 8.48. The third-order valence-electron chi connectivity index (χ3n) is 7.30. The molecule has 2 nitrogen and oxygen atoms in total. The Labute approximate surface area is 160 Å². The van der Waals surface area contributed by atoms with Crippen LogP contribution in [0.4, 0.5) is 0 Å². The van der Waals surface area contributed by atoms with Crippen LogP contribution in [0.15, 0.2) is 23.2 Å². The van der Waals surface area contributed by atoms with Crippen LogP contribution in [0.2, 0.25) is 10.0 Å². The zero-order valence-electron chi connectivity index (χ0n) is 14.7. The van der Waals surface area contributed by atoms with Gasteiger partial charge in [-0.3, -0.25) is 4.99 Å². The largest absolute Gasteiger partial charge is 0.360 e. The Hall–Kier alpha value is -0.730. The van der Waals surface area contributed by atoms with Crippen molar-refractivity contribution >= 4 is 29.0 Å². The highest BCUT2D eigenvalue weighted by Gasteiger charge is 2.60. The van der Waals surface area contributed by atoms with Gasteiger partial charge in [-0.25, -0.2) is 0 Å². The van der Waals surface area contributed by atoms with Crippen LogP contribution < -0.4 is 0 Å². The van der Waals surface area contributed by atoms with E-state index in [4.69, 9.17) is 28.2 Å². The quantitative estimate of drug-likeness (QED) is 0.593. The van der Waals surface area contributed by atoms with Gasteiger partial charge < -0.3 is 4.90 Å². The number of hydrogen-bond donors (Lipinski definition) is 0. The van der Waals surface area contributed by atoms with E-state index >= 15 is 0 Å². The molecular formula is C21H26Cl2N2. The highest BCUT2D eigenvalue weighted by molar-refractivity contribution is 6.35. The number of fused-ring (bicyclic) bond motifs is 3. The Kier molecular flexibility index (Phi) is 4.05.